The normalized spacial score (nSPS) is 18.6. The smallest absolute Gasteiger partial charge is 0.234 e. The first-order valence-corrected chi connectivity index (χ1v) is 9.84. The van der Waals surface area contributed by atoms with Crippen LogP contribution in [-0.2, 0) is 4.79 Å². The number of ether oxygens (including phenoxy) is 1. The first kappa shape index (κ1) is 19.2. The van der Waals surface area contributed by atoms with Crippen LogP contribution in [-0.4, -0.2) is 35.2 Å². The van der Waals surface area contributed by atoms with Crippen molar-refractivity contribution < 1.29 is 9.53 Å². The topological polar surface area (TPSA) is 63.0 Å². The number of nitrogens with zero attached hydrogens (tertiary/aromatic N) is 2. The van der Waals surface area contributed by atoms with Gasteiger partial charge in [0.1, 0.15) is 16.5 Å². The highest BCUT2D eigenvalue weighted by Gasteiger charge is 2.31. The van der Waals surface area contributed by atoms with E-state index in [1.807, 2.05) is 61.5 Å². The summed E-state index contributed by atoms with van der Waals surface area (Å²) in [6.07, 6.45) is 0.811. The fourth-order valence-corrected chi connectivity index (χ4v) is 3.53. The van der Waals surface area contributed by atoms with Gasteiger partial charge in [0.2, 0.25) is 5.91 Å². The van der Waals surface area contributed by atoms with Crippen molar-refractivity contribution in [2.75, 3.05) is 18.2 Å². The minimum absolute atomic E-state index is 0.0784. The van der Waals surface area contributed by atoms with Crippen LogP contribution in [0.5, 0.6) is 5.75 Å². The summed E-state index contributed by atoms with van der Waals surface area (Å²) in [4.78, 5) is 21.9. The van der Waals surface area contributed by atoms with Gasteiger partial charge < -0.3 is 10.1 Å². The third-order valence-corrected chi connectivity index (χ3v) is 5.29. The van der Waals surface area contributed by atoms with Gasteiger partial charge in [0, 0.05) is 11.3 Å². The van der Waals surface area contributed by atoms with Gasteiger partial charge >= 0.3 is 0 Å². The van der Waals surface area contributed by atoms with Gasteiger partial charge in [0.15, 0.2) is 0 Å². The van der Waals surface area contributed by atoms with Crippen molar-refractivity contribution in [2.45, 2.75) is 25.9 Å². The number of carbonyl (C=O) groups is 1. The highest BCUT2D eigenvalue weighted by atomic mass is 32.2. The van der Waals surface area contributed by atoms with Gasteiger partial charge in [0.25, 0.3) is 0 Å². The van der Waals surface area contributed by atoms with E-state index in [1.165, 1.54) is 11.8 Å². The second kappa shape index (κ2) is 8.39. The lowest BCUT2D eigenvalue weighted by molar-refractivity contribution is -0.113. The van der Waals surface area contributed by atoms with Crippen LogP contribution in [0.25, 0.3) is 0 Å². The van der Waals surface area contributed by atoms with Crippen LogP contribution in [0.15, 0.2) is 64.6 Å². The van der Waals surface area contributed by atoms with Crippen LogP contribution >= 0.6 is 11.8 Å². The number of amides is 1. The number of anilines is 1. The number of benzene rings is 2. The Labute approximate surface area is 164 Å². The van der Waals surface area contributed by atoms with E-state index in [4.69, 9.17) is 14.7 Å². The zero-order valence-electron chi connectivity index (χ0n) is 15.7. The molecule has 2 aromatic rings. The van der Waals surface area contributed by atoms with Crippen LogP contribution in [0.2, 0.25) is 0 Å². The molecule has 140 valence electrons. The molecule has 0 unspecified atom stereocenters. The zero-order chi connectivity index (χ0) is 19.3. The molecule has 1 aliphatic heterocycles. The molecular formula is C21H23N3O2S. The zero-order valence-corrected chi connectivity index (χ0v) is 16.5. The maximum atomic E-state index is 12.3. The Morgan fingerprint density at radius 1 is 1.11 bits per heavy atom. The van der Waals surface area contributed by atoms with E-state index in [9.17, 15) is 4.79 Å². The summed E-state index contributed by atoms with van der Waals surface area (Å²) in [6, 6.07) is 17.3. The summed E-state index contributed by atoms with van der Waals surface area (Å²) in [5, 5.41) is 3.71. The minimum atomic E-state index is -0.458. The predicted octanol–water partition coefficient (Wildman–Crippen LogP) is 4.39. The molecule has 27 heavy (non-hydrogen) atoms. The van der Waals surface area contributed by atoms with Crippen LogP contribution in [0.4, 0.5) is 5.69 Å². The van der Waals surface area contributed by atoms with Crippen molar-refractivity contribution in [2.24, 2.45) is 9.98 Å². The van der Waals surface area contributed by atoms with E-state index >= 15 is 0 Å². The molecule has 0 saturated heterocycles. The van der Waals surface area contributed by atoms with Gasteiger partial charge in [-0.15, -0.1) is 0 Å². The second-order valence-electron chi connectivity index (χ2n) is 6.38. The molecule has 0 spiro atoms. The molecule has 0 aliphatic carbocycles. The lowest BCUT2D eigenvalue weighted by Gasteiger charge is -2.13. The van der Waals surface area contributed by atoms with E-state index in [-0.39, 0.29) is 11.7 Å². The molecular weight excluding hydrogens is 358 g/mol. The Balaban J connectivity index is 1.67. The summed E-state index contributed by atoms with van der Waals surface area (Å²) >= 11 is 1.42. The van der Waals surface area contributed by atoms with E-state index in [0.717, 1.165) is 34.2 Å². The average Bonchev–Trinajstić information content (AvgIpc) is 3.05. The standard InChI is InChI=1S/C21H23N3O2S/c1-4-21(2)23-19(15-8-6-5-7-9-15)20(24-21)27-14-18(25)22-16-10-12-17(26-3)13-11-16/h5-13H,4,14H2,1-3H3,(H,22,25)/t21-/m0/s1. The van der Waals surface area contributed by atoms with Crippen LogP contribution in [0, 0.1) is 0 Å². The SMILES string of the molecule is CC[C@]1(C)N=C(SCC(=O)Nc2ccc(OC)cc2)C(c2ccccc2)=N1. The molecule has 1 aliphatic rings. The van der Waals surface area contributed by atoms with Crippen LogP contribution in [0.3, 0.4) is 0 Å². The Hall–Kier alpha value is -2.60. The van der Waals surface area contributed by atoms with Crippen LogP contribution in [0.1, 0.15) is 25.8 Å². The Kier molecular flexibility index (Phi) is 5.96. The predicted molar refractivity (Wildman–Crippen MR) is 113 cm³/mol. The molecule has 1 amide bonds. The average molecular weight is 382 g/mol. The Morgan fingerprint density at radius 2 is 1.81 bits per heavy atom. The van der Waals surface area contributed by atoms with Crippen molar-refractivity contribution >= 4 is 34.1 Å². The van der Waals surface area contributed by atoms with E-state index in [2.05, 4.69) is 12.2 Å². The number of thioether (sulfide) groups is 1. The number of methoxy groups -OCH3 is 1. The van der Waals surface area contributed by atoms with E-state index in [1.54, 1.807) is 7.11 Å². The Morgan fingerprint density at radius 3 is 2.44 bits per heavy atom. The summed E-state index contributed by atoms with van der Waals surface area (Å²) in [6.45, 7) is 4.08. The van der Waals surface area contributed by atoms with Gasteiger partial charge in [0.05, 0.1) is 18.6 Å². The van der Waals surface area contributed by atoms with E-state index in [0.29, 0.717) is 0 Å². The highest BCUT2D eigenvalue weighted by molar-refractivity contribution is 8.16. The third-order valence-electron chi connectivity index (χ3n) is 4.33. The monoisotopic (exact) mass is 381 g/mol. The molecule has 1 heterocycles. The Bertz CT molecular complexity index is 863. The molecule has 1 atom stereocenters. The van der Waals surface area contributed by atoms with Crippen molar-refractivity contribution in [3.05, 3.63) is 60.2 Å². The molecule has 0 radical (unpaired) electrons. The minimum Gasteiger partial charge on any atom is -0.497 e. The molecule has 0 aromatic heterocycles. The molecule has 1 N–H and O–H groups in total. The summed E-state index contributed by atoms with van der Waals surface area (Å²) in [7, 11) is 1.61. The first-order valence-electron chi connectivity index (χ1n) is 8.85. The molecule has 6 heteroatoms. The largest absolute Gasteiger partial charge is 0.497 e. The number of hydrogen-bond acceptors (Lipinski definition) is 5. The van der Waals surface area contributed by atoms with Gasteiger partial charge in [-0.3, -0.25) is 9.79 Å². The first-order chi connectivity index (χ1) is 13.0. The van der Waals surface area contributed by atoms with Gasteiger partial charge in [-0.2, -0.15) is 0 Å². The number of aliphatic imine (C=N–C) groups is 2. The molecule has 0 saturated carbocycles. The number of hydrogen-bond donors (Lipinski definition) is 1. The van der Waals surface area contributed by atoms with Crippen molar-refractivity contribution in [1.29, 1.82) is 0 Å². The third kappa shape index (κ3) is 4.77. The number of rotatable bonds is 6. The summed E-state index contributed by atoms with van der Waals surface area (Å²) < 4.78 is 5.13. The molecule has 3 rings (SSSR count). The number of nitrogens with one attached hydrogen (secondary N) is 1. The van der Waals surface area contributed by atoms with Crippen molar-refractivity contribution in [1.82, 2.24) is 0 Å². The quantitative estimate of drug-likeness (QED) is 0.807. The maximum absolute atomic E-state index is 12.3. The van der Waals surface area contributed by atoms with E-state index < -0.39 is 5.66 Å². The number of carbonyl (C=O) groups excluding carboxylic acids is 1. The second-order valence-corrected chi connectivity index (χ2v) is 7.34. The molecule has 0 fully saturated rings. The van der Waals surface area contributed by atoms with Gasteiger partial charge in [-0.1, -0.05) is 49.0 Å². The van der Waals surface area contributed by atoms with Crippen molar-refractivity contribution in [3.63, 3.8) is 0 Å². The molecule has 0 bridgehead atoms. The highest BCUT2D eigenvalue weighted by Crippen LogP contribution is 2.29. The maximum Gasteiger partial charge on any atom is 0.234 e. The summed E-state index contributed by atoms with van der Waals surface area (Å²) in [5.74, 6) is 0.951. The molecule has 5 nitrogen and oxygen atoms in total. The fourth-order valence-electron chi connectivity index (χ4n) is 2.63. The van der Waals surface area contributed by atoms with Crippen molar-refractivity contribution in [3.8, 4) is 5.75 Å². The summed E-state index contributed by atoms with van der Waals surface area (Å²) in [5.41, 5.74) is 2.17. The van der Waals surface area contributed by atoms with Gasteiger partial charge in [-0.25, -0.2) is 4.99 Å². The lowest BCUT2D eigenvalue weighted by atomic mass is 10.1. The molecule has 2 aromatic carbocycles. The fraction of sp³-hybridized carbons (Fsp3) is 0.286. The van der Waals surface area contributed by atoms with Crippen LogP contribution < -0.4 is 10.1 Å². The lowest BCUT2D eigenvalue weighted by Crippen LogP contribution is -2.17. The van der Waals surface area contributed by atoms with Gasteiger partial charge in [-0.05, 0) is 37.6 Å².